The molecule has 0 heterocycles. The fraction of sp³-hybridized carbons (Fsp3) is 0.500. The number of hydrogen-bond donors (Lipinski definition) is 1. The molecule has 0 saturated heterocycles. The van der Waals surface area contributed by atoms with Gasteiger partial charge in [0.1, 0.15) is 6.61 Å². The lowest BCUT2D eigenvalue weighted by Crippen LogP contribution is -2.38. The van der Waals surface area contributed by atoms with Crippen molar-refractivity contribution >= 4 is 17.3 Å². The SMILES string of the molecule is CC(C)(C)NCCOc1c(Cl)cccc1[N+](=O)[O-]. The molecule has 6 heteroatoms. The summed E-state index contributed by atoms with van der Waals surface area (Å²) in [6.45, 7) is 7.01. The highest BCUT2D eigenvalue weighted by molar-refractivity contribution is 6.32. The molecule has 100 valence electrons. The van der Waals surface area contributed by atoms with E-state index in [0.717, 1.165) is 0 Å². The van der Waals surface area contributed by atoms with Gasteiger partial charge in [-0.1, -0.05) is 17.7 Å². The third-order valence-corrected chi connectivity index (χ3v) is 2.44. The number of nitro groups is 1. The molecule has 0 unspecified atom stereocenters. The van der Waals surface area contributed by atoms with Crippen LogP contribution in [-0.2, 0) is 0 Å². The number of rotatable bonds is 5. The Balaban J connectivity index is 2.64. The summed E-state index contributed by atoms with van der Waals surface area (Å²) < 4.78 is 5.39. The Labute approximate surface area is 111 Å². The molecule has 5 nitrogen and oxygen atoms in total. The summed E-state index contributed by atoms with van der Waals surface area (Å²) >= 11 is 5.89. The number of nitrogens with zero attached hydrogens (tertiary/aromatic N) is 1. The molecule has 0 amide bonds. The van der Waals surface area contributed by atoms with Crippen LogP contribution in [-0.4, -0.2) is 23.6 Å². The number of ether oxygens (including phenoxy) is 1. The average molecular weight is 273 g/mol. The molecule has 0 aliphatic carbocycles. The van der Waals surface area contributed by atoms with E-state index in [-0.39, 0.29) is 22.0 Å². The minimum atomic E-state index is -0.502. The summed E-state index contributed by atoms with van der Waals surface area (Å²) in [5, 5.41) is 14.3. The Morgan fingerprint density at radius 2 is 2.11 bits per heavy atom. The summed E-state index contributed by atoms with van der Waals surface area (Å²) in [4.78, 5) is 10.3. The fourth-order valence-corrected chi connectivity index (χ4v) is 1.59. The molecule has 18 heavy (non-hydrogen) atoms. The van der Waals surface area contributed by atoms with Crippen molar-refractivity contribution in [3.8, 4) is 5.75 Å². The Morgan fingerprint density at radius 3 is 2.67 bits per heavy atom. The van der Waals surface area contributed by atoms with E-state index < -0.39 is 4.92 Å². The van der Waals surface area contributed by atoms with Gasteiger partial charge >= 0.3 is 5.69 Å². The predicted octanol–water partition coefficient (Wildman–Crippen LogP) is 3.02. The van der Waals surface area contributed by atoms with Gasteiger partial charge in [-0.05, 0) is 26.8 Å². The highest BCUT2D eigenvalue weighted by Crippen LogP contribution is 2.34. The molecular weight excluding hydrogens is 256 g/mol. The lowest BCUT2D eigenvalue weighted by atomic mass is 10.1. The Bertz CT molecular complexity index is 430. The molecule has 0 aliphatic rings. The summed E-state index contributed by atoms with van der Waals surface area (Å²) in [5.41, 5.74) is -0.131. The summed E-state index contributed by atoms with van der Waals surface area (Å²) in [5.74, 6) is 0.125. The number of nitro benzene ring substituents is 1. The quantitative estimate of drug-likeness (QED) is 0.508. The Hall–Kier alpha value is -1.33. The van der Waals surface area contributed by atoms with E-state index in [9.17, 15) is 10.1 Å². The molecule has 1 aromatic rings. The van der Waals surface area contributed by atoms with Crippen LogP contribution in [0.5, 0.6) is 5.75 Å². The maximum atomic E-state index is 10.8. The second-order valence-corrected chi connectivity index (χ2v) is 5.28. The van der Waals surface area contributed by atoms with Gasteiger partial charge < -0.3 is 10.1 Å². The molecule has 0 radical (unpaired) electrons. The molecule has 1 rings (SSSR count). The van der Waals surface area contributed by atoms with Gasteiger partial charge in [-0.15, -0.1) is 0 Å². The van der Waals surface area contributed by atoms with Crippen molar-refractivity contribution in [1.82, 2.24) is 5.32 Å². The van der Waals surface area contributed by atoms with Gasteiger partial charge in [0, 0.05) is 18.2 Å². The maximum Gasteiger partial charge on any atom is 0.312 e. The van der Waals surface area contributed by atoms with Gasteiger partial charge in [-0.3, -0.25) is 10.1 Å². The lowest BCUT2D eigenvalue weighted by molar-refractivity contribution is -0.385. The highest BCUT2D eigenvalue weighted by atomic mass is 35.5. The third-order valence-electron chi connectivity index (χ3n) is 2.15. The first-order valence-electron chi connectivity index (χ1n) is 5.62. The molecule has 0 fully saturated rings. The highest BCUT2D eigenvalue weighted by Gasteiger charge is 2.18. The van der Waals surface area contributed by atoms with Crippen LogP contribution in [0, 0.1) is 10.1 Å². The van der Waals surface area contributed by atoms with Crippen molar-refractivity contribution in [3.05, 3.63) is 33.3 Å². The monoisotopic (exact) mass is 272 g/mol. The van der Waals surface area contributed by atoms with Crippen molar-refractivity contribution in [2.75, 3.05) is 13.2 Å². The van der Waals surface area contributed by atoms with Crippen molar-refractivity contribution in [2.45, 2.75) is 26.3 Å². The van der Waals surface area contributed by atoms with Gasteiger partial charge in [0.25, 0.3) is 0 Å². The summed E-state index contributed by atoms with van der Waals surface area (Å²) in [6, 6.07) is 4.47. The minimum Gasteiger partial charge on any atom is -0.484 e. The van der Waals surface area contributed by atoms with Crippen molar-refractivity contribution in [3.63, 3.8) is 0 Å². The average Bonchev–Trinajstić information content (AvgIpc) is 2.24. The summed E-state index contributed by atoms with van der Waals surface area (Å²) in [7, 11) is 0. The van der Waals surface area contributed by atoms with E-state index in [1.165, 1.54) is 12.1 Å². The first-order valence-corrected chi connectivity index (χ1v) is 6.00. The smallest absolute Gasteiger partial charge is 0.312 e. The number of nitrogens with one attached hydrogen (secondary N) is 1. The van der Waals surface area contributed by atoms with Crippen LogP contribution in [0.25, 0.3) is 0 Å². The van der Waals surface area contributed by atoms with E-state index in [4.69, 9.17) is 16.3 Å². The van der Waals surface area contributed by atoms with Gasteiger partial charge in [0.2, 0.25) is 5.75 Å². The number of halogens is 1. The molecule has 0 atom stereocenters. The normalized spacial score (nSPS) is 11.3. The topological polar surface area (TPSA) is 64.4 Å². The largest absolute Gasteiger partial charge is 0.484 e. The van der Waals surface area contributed by atoms with Crippen LogP contribution in [0.15, 0.2) is 18.2 Å². The number of hydrogen-bond acceptors (Lipinski definition) is 4. The number of para-hydroxylation sites is 1. The Kier molecular flexibility index (Phi) is 4.93. The molecular formula is C12H17ClN2O3. The van der Waals surface area contributed by atoms with Crippen molar-refractivity contribution in [2.24, 2.45) is 0 Å². The number of benzene rings is 1. The van der Waals surface area contributed by atoms with Crippen LogP contribution in [0.3, 0.4) is 0 Å². The van der Waals surface area contributed by atoms with E-state index >= 15 is 0 Å². The summed E-state index contributed by atoms with van der Waals surface area (Å²) in [6.07, 6.45) is 0. The van der Waals surface area contributed by atoms with E-state index in [1.807, 2.05) is 20.8 Å². The van der Waals surface area contributed by atoms with Gasteiger partial charge in [0.05, 0.1) is 9.95 Å². The van der Waals surface area contributed by atoms with Crippen LogP contribution >= 0.6 is 11.6 Å². The van der Waals surface area contributed by atoms with Crippen LogP contribution in [0.1, 0.15) is 20.8 Å². The Morgan fingerprint density at radius 1 is 1.44 bits per heavy atom. The molecule has 0 bridgehead atoms. The van der Waals surface area contributed by atoms with E-state index in [2.05, 4.69) is 5.32 Å². The first-order chi connectivity index (χ1) is 8.31. The molecule has 0 spiro atoms. The zero-order chi connectivity index (χ0) is 13.8. The molecule has 1 N–H and O–H groups in total. The minimum absolute atomic E-state index is 0.0181. The van der Waals surface area contributed by atoms with Crippen LogP contribution in [0.2, 0.25) is 5.02 Å². The van der Waals surface area contributed by atoms with Gasteiger partial charge in [-0.2, -0.15) is 0 Å². The standard InChI is InChI=1S/C12H17ClN2O3/c1-12(2,3)14-7-8-18-11-9(13)5-4-6-10(11)15(16)17/h4-6,14H,7-8H2,1-3H3. The molecule has 0 saturated carbocycles. The first kappa shape index (κ1) is 14.7. The van der Waals surface area contributed by atoms with Crippen molar-refractivity contribution < 1.29 is 9.66 Å². The zero-order valence-electron chi connectivity index (χ0n) is 10.7. The van der Waals surface area contributed by atoms with Crippen LogP contribution < -0.4 is 10.1 Å². The van der Waals surface area contributed by atoms with Crippen molar-refractivity contribution in [1.29, 1.82) is 0 Å². The zero-order valence-corrected chi connectivity index (χ0v) is 11.5. The maximum absolute atomic E-state index is 10.8. The van der Waals surface area contributed by atoms with E-state index in [1.54, 1.807) is 6.07 Å². The van der Waals surface area contributed by atoms with Gasteiger partial charge in [0.15, 0.2) is 0 Å². The third kappa shape index (κ3) is 4.50. The molecule has 0 aliphatic heterocycles. The second kappa shape index (κ2) is 6.02. The fourth-order valence-electron chi connectivity index (χ4n) is 1.36. The van der Waals surface area contributed by atoms with Gasteiger partial charge in [-0.25, -0.2) is 0 Å². The van der Waals surface area contributed by atoms with E-state index in [0.29, 0.717) is 13.2 Å². The van der Waals surface area contributed by atoms with Crippen LogP contribution in [0.4, 0.5) is 5.69 Å². The predicted molar refractivity (Wildman–Crippen MR) is 71.4 cm³/mol. The second-order valence-electron chi connectivity index (χ2n) is 4.87. The molecule has 1 aromatic carbocycles. The molecule has 0 aromatic heterocycles. The lowest BCUT2D eigenvalue weighted by Gasteiger charge is -2.20.